The van der Waals surface area contributed by atoms with E-state index in [1.807, 2.05) is 36.7 Å². The van der Waals surface area contributed by atoms with E-state index in [9.17, 15) is 4.79 Å². The molecule has 3 aromatic rings. The summed E-state index contributed by atoms with van der Waals surface area (Å²) in [5.41, 5.74) is 2.32. The van der Waals surface area contributed by atoms with Gasteiger partial charge in [0.15, 0.2) is 5.78 Å². The number of carbonyl (C=O) groups excluding carboxylic acids is 1. The van der Waals surface area contributed by atoms with Crippen LogP contribution < -0.4 is 0 Å². The number of ketones is 1. The van der Waals surface area contributed by atoms with Gasteiger partial charge in [0, 0.05) is 40.7 Å². The van der Waals surface area contributed by atoms with Crippen molar-refractivity contribution in [2.75, 3.05) is 5.75 Å². The molecule has 0 saturated heterocycles. The molecule has 0 aliphatic rings. The number of thiophene rings is 1. The van der Waals surface area contributed by atoms with Gasteiger partial charge in [0.05, 0.1) is 4.88 Å². The predicted molar refractivity (Wildman–Crippen MR) is 97.7 cm³/mol. The maximum atomic E-state index is 12.4. The fourth-order valence-corrected chi connectivity index (χ4v) is 3.96. The second-order valence-corrected chi connectivity index (χ2v) is 7.21. The van der Waals surface area contributed by atoms with Crippen molar-refractivity contribution in [3.63, 3.8) is 0 Å². The summed E-state index contributed by atoms with van der Waals surface area (Å²) in [6.45, 7) is 2.11. The minimum Gasteiger partial charge on any atom is -0.350 e. The third kappa shape index (κ3) is 2.89. The van der Waals surface area contributed by atoms with E-state index in [4.69, 9.17) is 0 Å². The zero-order valence-corrected chi connectivity index (χ0v) is 14.2. The van der Waals surface area contributed by atoms with E-state index in [1.165, 1.54) is 22.2 Å². The molecule has 0 fully saturated rings. The van der Waals surface area contributed by atoms with Crippen molar-refractivity contribution < 1.29 is 4.79 Å². The van der Waals surface area contributed by atoms with Crippen LogP contribution in [0.2, 0.25) is 0 Å². The highest BCUT2D eigenvalue weighted by Gasteiger charge is 2.13. The summed E-state index contributed by atoms with van der Waals surface area (Å²) in [4.78, 5) is 14.2. The molecule has 22 heavy (non-hydrogen) atoms. The van der Waals surface area contributed by atoms with Crippen LogP contribution in [0.3, 0.4) is 0 Å². The van der Waals surface area contributed by atoms with Crippen molar-refractivity contribution in [3.05, 3.63) is 64.5 Å². The number of rotatable bonds is 5. The predicted octanol–water partition coefficient (Wildman–Crippen LogP) is 5.22. The van der Waals surface area contributed by atoms with Crippen LogP contribution in [0.1, 0.15) is 22.2 Å². The number of aromatic nitrogens is 1. The molecule has 1 aromatic carbocycles. The molecule has 2 nitrogen and oxygen atoms in total. The number of para-hydroxylation sites is 1. The van der Waals surface area contributed by atoms with Crippen LogP contribution in [0.25, 0.3) is 15.8 Å². The van der Waals surface area contributed by atoms with E-state index in [-0.39, 0.29) is 5.78 Å². The van der Waals surface area contributed by atoms with Gasteiger partial charge in [0.1, 0.15) is 0 Å². The minimum atomic E-state index is 0.0823. The molecule has 0 N–H and O–H groups in total. The Hall–Kier alpha value is -1.78. The number of fused-ring (bicyclic) bond motifs is 1. The monoisotopic (exact) mass is 327 g/mol. The van der Waals surface area contributed by atoms with Crippen LogP contribution in [0.5, 0.6) is 0 Å². The number of aryl methyl sites for hydroxylation is 1. The quantitative estimate of drug-likeness (QED) is 0.473. The average molecular weight is 327 g/mol. The zero-order valence-electron chi connectivity index (χ0n) is 12.6. The van der Waals surface area contributed by atoms with E-state index < -0.39 is 0 Å². The molecule has 0 atom stereocenters. The summed E-state index contributed by atoms with van der Waals surface area (Å²) < 4.78 is 2.12. The maximum absolute atomic E-state index is 12.4. The topological polar surface area (TPSA) is 22.0 Å². The largest absolute Gasteiger partial charge is 0.350 e. The second-order valence-electron chi connectivity index (χ2n) is 4.95. The molecular weight excluding hydrogens is 310 g/mol. The van der Waals surface area contributed by atoms with Gasteiger partial charge in [0.2, 0.25) is 0 Å². The molecule has 0 amide bonds. The summed E-state index contributed by atoms with van der Waals surface area (Å²) in [5.74, 6) is 1.02. The Morgan fingerprint density at radius 1 is 1.27 bits per heavy atom. The molecule has 0 bridgehead atoms. The van der Waals surface area contributed by atoms with Crippen molar-refractivity contribution >= 4 is 44.7 Å². The Bertz CT molecular complexity index is 828. The van der Waals surface area contributed by atoms with Crippen LogP contribution >= 0.6 is 23.1 Å². The van der Waals surface area contributed by atoms with Gasteiger partial charge in [-0.15, -0.1) is 23.1 Å². The third-order valence-electron chi connectivity index (χ3n) is 3.49. The Morgan fingerprint density at radius 3 is 2.82 bits per heavy atom. The first kappa shape index (κ1) is 15.1. The third-order valence-corrected chi connectivity index (χ3v) is 5.31. The van der Waals surface area contributed by atoms with E-state index in [1.54, 1.807) is 17.8 Å². The number of thioether (sulfide) groups is 1. The Balaban J connectivity index is 2.08. The van der Waals surface area contributed by atoms with Crippen molar-refractivity contribution in [3.8, 4) is 0 Å². The van der Waals surface area contributed by atoms with Gasteiger partial charge >= 0.3 is 0 Å². The molecule has 3 rings (SSSR count). The number of nitrogens with zero attached hydrogens (tertiary/aromatic N) is 1. The van der Waals surface area contributed by atoms with Crippen molar-refractivity contribution in [2.24, 2.45) is 7.05 Å². The summed E-state index contributed by atoms with van der Waals surface area (Å²) in [6.07, 6.45) is 3.89. The highest BCUT2D eigenvalue weighted by molar-refractivity contribution is 8.08. The number of hydrogen-bond donors (Lipinski definition) is 0. The van der Waals surface area contributed by atoms with Gasteiger partial charge in [0.25, 0.3) is 0 Å². The normalized spacial score (nSPS) is 12.0. The van der Waals surface area contributed by atoms with E-state index >= 15 is 0 Å². The molecule has 112 valence electrons. The smallest absolute Gasteiger partial charge is 0.196 e. The summed E-state index contributed by atoms with van der Waals surface area (Å²) in [7, 11) is 2.04. The maximum Gasteiger partial charge on any atom is 0.196 e. The number of carbonyl (C=O) groups is 1. The lowest BCUT2D eigenvalue weighted by Gasteiger charge is -2.04. The fraction of sp³-hybridized carbons (Fsp3) is 0.167. The van der Waals surface area contributed by atoms with E-state index in [0.717, 1.165) is 21.1 Å². The Morgan fingerprint density at radius 2 is 2.09 bits per heavy atom. The van der Waals surface area contributed by atoms with Crippen LogP contribution in [-0.2, 0) is 7.05 Å². The fourth-order valence-electron chi connectivity index (χ4n) is 2.50. The van der Waals surface area contributed by atoms with Gasteiger partial charge in [-0.2, -0.15) is 0 Å². The minimum absolute atomic E-state index is 0.0823. The SMILES string of the molecule is CCSC(=CC(=O)c1cccs1)c1cn(C)c2ccccc12. The molecule has 4 heteroatoms. The zero-order chi connectivity index (χ0) is 15.5. The van der Waals surface area contributed by atoms with Crippen LogP contribution in [0.4, 0.5) is 0 Å². The van der Waals surface area contributed by atoms with Gasteiger partial charge in [-0.1, -0.05) is 31.2 Å². The lowest BCUT2D eigenvalue weighted by atomic mass is 10.1. The average Bonchev–Trinajstić information content (AvgIpc) is 3.16. The van der Waals surface area contributed by atoms with Gasteiger partial charge in [-0.25, -0.2) is 0 Å². The number of allylic oxidation sites excluding steroid dienone is 1. The molecule has 0 saturated carbocycles. The van der Waals surface area contributed by atoms with E-state index in [2.05, 4.69) is 29.8 Å². The molecule has 0 aliphatic heterocycles. The van der Waals surface area contributed by atoms with Crippen molar-refractivity contribution in [1.82, 2.24) is 4.57 Å². The molecule has 0 radical (unpaired) electrons. The molecule has 0 unspecified atom stereocenters. The van der Waals surface area contributed by atoms with Crippen LogP contribution in [-0.4, -0.2) is 16.1 Å². The molecule has 2 heterocycles. The van der Waals surface area contributed by atoms with E-state index in [0.29, 0.717) is 0 Å². The standard InChI is InChI=1S/C18H17NOS2/c1-3-21-18(11-16(20)17-9-6-10-22-17)14-12-19(2)15-8-5-4-7-13(14)15/h4-12H,3H2,1-2H3. The van der Waals surface area contributed by atoms with Crippen molar-refractivity contribution in [1.29, 1.82) is 0 Å². The van der Waals surface area contributed by atoms with Gasteiger partial charge < -0.3 is 4.57 Å². The summed E-state index contributed by atoms with van der Waals surface area (Å²) in [6, 6.07) is 12.1. The lowest BCUT2D eigenvalue weighted by Crippen LogP contribution is -1.92. The van der Waals surface area contributed by atoms with Crippen molar-refractivity contribution in [2.45, 2.75) is 6.92 Å². The molecule has 0 aliphatic carbocycles. The molecule has 2 aromatic heterocycles. The summed E-state index contributed by atoms with van der Waals surface area (Å²) in [5, 5.41) is 3.13. The summed E-state index contributed by atoms with van der Waals surface area (Å²) >= 11 is 3.20. The first-order valence-electron chi connectivity index (χ1n) is 7.17. The number of benzene rings is 1. The number of hydrogen-bond acceptors (Lipinski definition) is 3. The second kappa shape index (κ2) is 6.55. The van der Waals surface area contributed by atoms with Gasteiger partial charge in [-0.05, 0) is 23.3 Å². The van der Waals surface area contributed by atoms with Gasteiger partial charge in [-0.3, -0.25) is 4.79 Å². The lowest BCUT2D eigenvalue weighted by molar-refractivity contribution is 0.105. The highest BCUT2D eigenvalue weighted by Crippen LogP contribution is 2.34. The Kier molecular flexibility index (Phi) is 4.50. The molecule has 0 spiro atoms. The van der Waals surface area contributed by atoms with Crippen LogP contribution in [0.15, 0.2) is 54.1 Å². The Labute approximate surface area is 138 Å². The van der Waals surface area contributed by atoms with Crippen LogP contribution in [0, 0.1) is 0 Å². The first-order chi connectivity index (χ1) is 10.7. The first-order valence-corrected chi connectivity index (χ1v) is 9.04. The molecular formula is C18H17NOS2. The highest BCUT2D eigenvalue weighted by atomic mass is 32.2.